The molecule has 2 aliphatic heterocycles. The van der Waals surface area contributed by atoms with Gasteiger partial charge in [0, 0.05) is 51.2 Å². The highest BCUT2D eigenvalue weighted by atomic mass is 16.5. The summed E-state index contributed by atoms with van der Waals surface area (Å²) >= 11 is 0. The van der Waals surface area contributed by atoms with Crippen LogP contribution in [0.25, 0.3) is 11.4 Å². The van der Waals surface area contributed by atoms with E-state index in [-0.39, 0.29) is 0 Å². The molecule has 4 heterocycles. The van der Waals surface area contributed by atoms with Crippen LogP contribution in [0, 0.1) is 0 Å². The Hall–Kier alpha value is -1.79. The molecule has 24 heavy (non-hydrogen) atoms. The predicted molar refractivity (Wildman–Crippen MR) is 91.6 cm³/mol. The summed E-state index contributed by atoms with van der Waals surface area (Å²) in [6, 6.07) is 0.665. The molecule has 0 spiro atoms. The molecule has 2 fully saturated rings. The van der Waals surface area contributed by atoms with Gasteiger partial charge in [-0.3, -0.25) is 14.9 Å². The number of piperidine rings is 1. The number of aromatic nitrogens is 4. The smallest absolute Gasteiger partial charge is 0.110 e. The number of ether oxygens (including phenoxy) is 1. The van der Waals surface area contributed by atoms with Crippen molar-refractivity contribution in [1.29, 1.82) is 0 Å². The first kappa shape index (κ1) is 15.7. The number of hydrogen-bond donors (Lipinski definition) is 0. The van der Waals surface area contributed by atoms with Gasteiger partial charge in [-0.1, -0.05) is 0 Å². The standard InChI is InChI=1S/C18H25N5O/c1-22-13-19-11-16(22)18-17(20-6-7-21-18)14-3-2-8-23(12-14)15-4-9-24-10-5-15/h6-7,11,13-15H,2-5,8-10,12H2,1H3. The van der Waals surface area contributed by atoms with E-state index in [9.17, 15) is 0 Å². The van der Waals surface area contributed by atoms with Gasteiger partial charge in [-0.05, 0) is 32.2 Å². The zero-order valence-corrected chi connectivity index (χ0v) is 14.3. The fraction of sp³-hybridized carbons (Fsp3) is 0.611. The molecule has 0 saturated carbocycles. The van der Waals surface area contributed by atoms with Crippen molar-refractivity contribution < 1.29 is 4.74 Å². The Kier molecular flexibility index (Phi) is 4.58. The molecule has 2 aromatic heterocycles. The molecule has 6 nitrogen and oxygen atoms in total. The van der Waals surface area contributed by atoms with Crippen LogP contribution in [0.15, 0.2) is 24.9 Å². The van der Waals surface area contributed by atoms with Gasteiger partial charge in [0.1, 0.15) is 5.69 Å². The van der Waals surface area contributed by atoms with Gasteiger partial charge in [-0.2, -0.15) is 0 Å². The third-order valence-electron chi connectivity index (χ3n) is 5.33. The van der Waals surface area contributed by atoms with Crippen LogP contribution in [0.2, 0.25) is 0 Å². The van der Waals surface area contributed by atoms with Crippen LogP contribution in [-0.2, 0) is 11.8 Å². The molecule has 6 heteroatoms. The monoisotopic (exact) mass is 327 g/mol. The van der Waals surface area contributed by atoms with Crippen LogP contribution in [0.1, 0.15) is 37.3 Å². The van der Waals surface area contributed by atoms with Crippen LogP contribution in [0.5, 0.6) is 0 Å². The van der Waals surface area contributed by atoms with Gasteiger partial charge in [-0.25, -0.2) is 4.98 Å². The highest BCUT2D eigenvalue weighted by molar-refractivity contribution is 5.57. The number of likely N-dealkylation sites (tertiary alicyclic amines) is 1. The molecule has 4 rings (SSSR count). The topological polar surface area (TPSA) is 56.1 Å². The fourth-order valence-electron chi connectivity index (χ4n) is 4.04. The minimum Gasteiger partial charge on any atom is -0.381 e. The molecule has 128 valence electrons. The Morgan fingerprint density at radius 2 is 1.96 bits per heavy atom. The van der Waals surface area contributed by atoms with E-state index in [0.717, 1.165) is 49.7 Å². The number of hydrogen-bond acceptors (Lipinski definition) is 5. The van der Waals surface area contributed by atoms with Crippen LogP contribution in [0.4, 0.5) is 0 Å². The average Bonchev–Trinajstić information content (AvgIpc) is 3.08. The summed E-state index contributed by atoms with van der Waals surface area (Å²) in [5.41, 5.74) is 3.15. The Labute approximate surface area is 142 Å². The van der Waals surface area contributed by atoms with Gasteiger partial charge in [-0.15, -0.1) is 0 Å². The zero-order valence-electron chi connectivity index (χ0n) is 14.3. The second-order valence-corrected chi connectivity index (χ2v) is 6.86. The van der Waals surface area contributed by atoms with Gasteiger partial charge in [0.2, 0.25) is 0 Å². The average molecular weight is 327 g/mol. The molecule has 1 atom stereocenters. The van der Waals surface area contributed by atoms with Crippen molar-refractivity contribution in [1.82, 2.24) is 24.4 Å². The fourth-order valence-corrected chi connectivity index (χ4v) is 4.04. The van der Waals surface area contributed by atoms with Crippen molar-refractivity contribution in [3.8, 4) is 11.4 Å². The first-order valence-electron chi connectivity index (χ1n) is 8.92. The SMILES string of the molecule is Cn1cncc1-c1nccnc1C1CCCN(C2CCOCC2)C1. The first-order valence-corrected chi connectivity index (χ1v) is 8.92. The maximum atomic E-state index is 5.52. The number of nitrogens with zero attached hydrogens (tertiary/aromatic N) is 5. The molecule has 0 amide bonds. The minimum atomic E-state index is 0.445. The first-order chi connectivity index (χ1) is 11.8. The van der Waals surface area contributed by atoms with E-state index in [1.54, 1.807) is 6.20 Å². The Bertz CT molecular complexity index is 680. The predicted octanol–water partition coefficient (Wildman–Crippen LogP) is 2.24. The van der Waals surface area contributed by atoms with Crippen molar-refractivity contribution in [2.75, 3.05) is 26.3 Å². The Balaban J connectivity index is 1.58. The van der Waals surface area contributed by atoms with E-state index >= 15 is 0 Å². The number of rotatable bonds is 3. The lowest BCUT2D eigenvalue weighted by Gasteiger charge is -2.40. The van der Waals surface area contributed by atoms with E-state index in [0.29, 0.717) is 12.0 Å². The second-order valence-electron chi connectivity index (χ2n) is 6.86. The largest absolute Gasteiger partial charge is 0.381 e. The van der Waals surface area contributed by atoms with Gasteiger partial charge < -0.3 is 9.30 Å². The van der Waals surface area contributed by atoms with Crippen molar-refractivity contribution in [3.63, 3.8) is 0 Å². The minimum absolute atomic E-state index is 0.445. The zero-order chi connectivity index (χ0) is 16.4. The summed E-state index contributed by atoms with van der Waals surface area (Å²) in [6.45, 7) is 4.07. The molecular formula is C18H25N5O. The number of aryl methyl sites for hydroxylation is 1. The Morgan fingerprint density at radius 1 is 1.12 bits per heavy atom. The van der Waals surface area contributed by atoms with Crippen LogP contribution < -0.4 is 0 Å². The van der Waals surface area contributed by atoms with E-state index in [1.807, 2.05) is 30.3 Å². The summed E-state index contributed by atoms with van der Waals surface area (Å²) in [6.07, 6.45) is 12.0. The van der Waals surface area contributed by atoms with Crippen molar-refractivity contribution >= 4 is 0 Å². The van der Waals surface area contributed by atoms with Crippen LogP contribution in [-0.4, -0.2) is 56.8 Å². The highest BCUT2D eigenvalue weighted by Crippen LogP contribution is 2.33. The summed E-state index contributed by atoms with van der Waals surface area (Å²) in [5, 5.41) is 0. The third-order valence-corrected chi connectivity index (χ3v) is 5.33. The normalized spacial score (nSPS) is 23.5. The lowest BCUT2D eigenvalue weighted by atomic mass is 9.90. The van der Waals surface area contributed by atoms with Gasteiger partial charge in [0.25, 0.3) is 0 Å². The molecule has 2 saturated heterocycles. The molecule has 0 aliphatic carbocycles. The van der Waals surface area contributed by atoms with Crippen molar-refractivity contribution in [2.45, 2.75) is 37.6 Å². The van der Waals surface area contributed by atoms with Gasteiger partial charge in [0.05, 0.1) is 23.9 Å². The molecule has 2 aliphatic rings. The molecule has 0 N–H and O–H groups in total. The summed E-state index contributed by atoms with van der Waals surface area (Å²) in [7, 11) is 2.01. The maximum absolute atomic E-state index is 5.52. The molecule has 0 bridgehead atoms. The lowest BCUT2D eigenvalue weighted by molar-refractivity contribution is 0.0238. The van der Waals surface area contributed by atoms with Gasteiger partial charge in [0.15, 0.2) is 0 Å². The molecule has 1 unspecified atom stereocenters. The summed E-state index contributed by atoms with van der Waals surface area (Å²) < 4.78 is 7.54. The van der Waals surface area contributed by atoms with E-state index in [1.165, 1.54) is 19.4 Å². The molecule has 0 radical (unpaired) electrons. The highest BCUT2D eigenvalue weighted by Gasteiger charge is 2.30. The third kappa shape index (κ3) is 3.08. The van der Waals surface area contributed by atoms with Crippen molar-refractivity contribution in [3.05, 3.63) is 30.6 Å². The molecule has 2 aromatic rings. The molecular weight excluding hydrogens is 302 g/mol. The summed E-state index contributed by atoms with van der Waals surface area (Å²) in [4.78, 5) is 16.3. The van der Waals surface area contributed by atoms with Crippen LogP contribution >= 0.6 is 0 Å². The van der Waals surface area contributed by atoms with E-state index < -0.39 is 0 Å². The quantitative estimate of drug-likeness (QED) is 0.865. The van der Waals surface area contributed by atoms with Crippen molar-refractivity contribution in [2.24, 2.45) is 7.05 Å². The van der Waals surface area contributed by atoms with E-state index in [2.05, 4.69) is 14.9 Å². The molecule has 0 aromatic carbocycles. The lowest BCUT2D eigenvalue weighted by Crippen LogP contribution is -2.44. The second kappa shape index (κ2) is 6.99. The van der Waals surface area contributed by atoms with Gasteiger partial charge >= 0.3 is 0 Å². The van der Waals surface area contributed by atoms with Crippen LogP contribution in [0.3, 0.4) is 0 Å². The summed E-state index contributed by atoms with van der Waals surface area (Å²) in [5.74, 6) is 0.445. The van der Waals surface area contributed by atoms with E-state index in [4.69, 9.17) is 9.72 Å². The maximum Gasteiger partial charge on any atom is 0.110 e. The Morgan fingerprint density at radius 3 is 2.75 bits per heavy atom. The number of imidazole rings is 1.